The summed E-state index contributed by atoms with van der Waals surface area (Å²) in [6, 6.07) is 13.0. The van der Waals surface area contributed by atoms with Gasteiger partial charge in [0.15, 0.2) is 6.61 Å². The molecular weight excluding hydrogens is 393 g/mol. The first-order valence-corrected chi connectivity index (χ1v) is 7.84. The lowest BCUT2D eigenvalue weighted by molar-refractivity contribution is -0.119. The fourth-order valence-corrected chi connectivity index (χ4v) is 2.44. The summed E-state index contributed by atoms with van der Waals surface area (Å²) >= 11 is 2.13. The highest BCUT2D eigenvalue weighted by Crippen LogP contribution is 2.17. The van der Waals surface area contributed by atoms with Crippen molar-refractivity contribution < 1.29 is 14.3 Å². The minimum absolute atomic E-state index is 0.308. The van der Waals surface area contributed by atoms with E-state index in [9.17, 15) is 9.59 Å². The number of nitrogens with one attached hydrogen (secondary N) is 1. The molecule has 0 heterocycles. The molecule has 5 heteroatoms. The van der Waals surface area contributed by atoms with Gasteiger partial charge in [-0.25, -0.2) is 4.79 Å². The zero-order valence-corrected chi connectivity index (χ0v) is 14.5. The number of benzene rings is 2. The number of halogens is 1. The Labute approximate surface area is 143 Å². The lowest BCUT2D eigenvalue weighted by Crippen LogP contribution is -2.21. The maximum Gasteiger partial charge on any atom is 0.338 e. The molecule has 0 aliphatic heterocycles. The Morgan fingerprint density at radius 1 is 1.14 bits per heavy atom. The van der Waals surface area contributed by atoms with E-state index in [0.717, 1.165) is 14.7 Å². The largest absolute Gasteiger partial charge is 0.452 e. The predicted molar refractivity (Wildman–Crippen MR) is 94.0 cm³/mol. The van der Waals surface area contributed by atoms with Gasteiger partial charge in [0.2, 0.25) is 0 Å². The number of rotatable bonds is 4. The summed E-state index contributed by atoms with van der Waals surface area (Å²) in [6.07, 6.45) is 0. The number of carbonyl (C=O) groups is 2. The van der Waals surface area contributed by atoms with Crippen LogP contribution in [0.3, 0.4) is 0 Å². The molecule has 2 aromatic carbocycles. The topological polar surface area (TPSA) is 55.4 Å². The van der Waals surface area contributed by atoms with Gasteiger partial charge in [-0.2, -0.15) is 0 Å². The second-order valence-electron chi connectivity index (χ2n) is 4.92. The molecule has 2 aromatic rings. The predicted octanol–water partition coefficient (Wildman–Crippen LogP) is 3.70. The van der Waals surface area contributed by atoms with Gasteiger partial charge in [0, 0.05) is 3.57 Å². The van der Waals surface area contributed by atoms with E-state index in [2.05, 4.69) is 27.9 Å². The number of hydrogen-bond donors (Lipinski definition) is 1. The molecule has 0 bridgehead atoms. The molecule has 0 saturated carbocycles. The van der Waals surface area contributed by atoms with Gasteiger partial charge in [-0.3, -0.25) is 4.79 Å². The van der Waals surface area contributed by atoms with Crippen molar-refractivity contribution in [2.45, 2.75) is 13.8 Å². The summed E-state index contributed by atoms with van der Waals surface area (Å²) in [5.41, 5.74) is 2.99. The van der Waals surface area contributed by atoms with Gasteiger partial charge < -0.3 is 10.1 Å². The van der Waals surface area contributed by atoms with Crippen LogP contribution in [-0.4, -0.2) is 18.5 Å². The number of para-hydroxylation sites is 1. The van der Waals surface area contributed by atoms with Crippen LogP contribution >= 0.6 is 22.6 Å². The molecule has 0 aliphatic rings. The average molecular weight is 409 g/mol. The van der Waals surface area contributed by atoms with Crippen molar-refractivity contribution >= 4 is 40.2 Å². The van der Waals surface area contributed by atoms with Crippen molar-refractivity contribution in [1.29, 1.82) is 0 Å². The summed E-state index contributed by atoms with van der Waals surface area (Å²) in [4.78, 5) is 23.9. The summed E-state index contributed by atoms with van der Waals surface area (Å²) < 4.78 is 6.01. The van der Waals surface area contributed by atoms with Gasteiger partial charge >= 0.3 is 5.97 Å². The maximum absolute atomic E-state index is 12.0. The van der Waals surface area contributed by atoms with Crippen molar-refractivity contribution in [2.75, 3.05) is 11.9 Å². The van der Waals surface area contributed by atoms with E-state index in [-0.39, 0.29) is 12.5 Å². The highest BCUT2D eigenvalue weighted by molar-refractivity contribution is 14.1. The molecular formula is C17H16INO3. The Balaban J connectivity index is 1.95. The number of hydrogen-bond acceptors (Lipinski definition) is 3. The Kier molecular flexibility index (Phi) is 5.54. The Hall–Kier alpha value is -1.89. The number of aryl methyl sites for hydroxylation is 2. The van der Waals surface area contributed by atoms with Crippen molar-refractivity contribution in [2.24, 2.45) is 0 Å². The third-order valence-corrected chi connectivity index (χ3v) is 4.04. The van der Waals surface area contributed by atoms with E-state index in [4.69, 9.17) is 4.74 Å². The van der Waals surface area contributed by atoms with Crippen LogP contribution in [0, 0.1) is 17.4 Å². The van der Waals surface area contributed by atoms with E-state index in [1.54, 1.807) is 12.1 Å². The first-order chi connectivity index (χ1) is 10.5. The number of carbonyl (C=O) groups excluding carboxylic acids is 2. The quantitative estimate of drug-likeness (QED) is 0.619. The summed E-state index contributed by atoms with van der Waals surface area (Å²) in [6.45, 7) is 3.43. The van der Waals surface area contributed by atoms with Gasteiger partial charge in [0.05, 0.1) is 11.3 Å². The van der Waals surface area contributed by atoms with Crippen LogP contribution in [0.5, 0.6) is 0 Å². The summed E-state index contributed by atoms with van der Waals surface area (Å²) in [5, 5.41) is 2.72. The smallest absolute Gasteiger partial charge is 0.338 e. The monoisotopic (exact) mass is 409 g/mol. The van der Waals surface area contributed by atoms with Gasteiger partial charge in [-0.05, 0) is 60.2 Å². The van der Waals surface area contributed by atoms with Gasteiger partial charge in [0.25, 0.3) is 5.91 Å². The molecule has 2 rings (SSSR count). The van der Waals surface area contributed by atoms with Crippen LogP contribution in [-0.2, 0) is 9.53 Å². The molecule has 4 nitrogen and oxygen atoms in total. The minimum atomic E-state index is -0.487. The molecule has 0 saturated heterocycles. The fraction of sp³-hybridized carbons (Fsp3) is 0.176. The highest BCUT2D eigenvalue weighted by Gasteiger charge is 2.13. The number of esters is 1. The Bertz CT molecular complexity index is 713. The van der Waals surface area contributed by atoms with Crippen LogP contribution < -0.4 is 5.32 Å². The lowest BCUT2D eigenvalue weighted by atomic mass is 10.1. The molecule has 0 spiro atoms. The van der Waals surface area contributed by atoms with Crippen molar-refractivity contribution in [3.63, 3.8) is 0 Å². The molecule has 0 aromatic heterocycles. The van der Waals surface area contributed by atoms with Crippen LogP contribution in [0.25, 0.3) is 0 Å². The van der Waals surface area contributed by atoms with Crippen LogP contribution in [0.15, 0.2) is 42.5 Å². The summed E-state index contributed by atoms with van der Waals surface area (Å²) in [7, 11) is 0. The molecule has 1 N–H and O–H groups in total. The van der Waals surface area contributed by atoms with Crippen molar-refractivity contribution in [3.8, 4) is 0 Å². The minimum Gasteiger partial charge on any atom is -0.452 e. The number of amides is 1. The van der Waals surface area contributed by atoms with E-state index in [0.29, 0.717) is 11.3 Å². The van der Waals surface area contributed by atoms with Crippen molar-refractivity contribution in [1.82, 2.24) is 0 Å². The Morgan fingerprint density at radius 3 is 2.59 bits per heavy atom. The molecule has 1 amide bonds. The SMILES string of the molecule is Cc1ccc(C)c(C(=O)OCC(=O)Nc2ccccc2I)c1. The zero-order valence-electron chi connectivity index (χ0n) is 12.4. The molecule has 0 unspecified atom stereocenters. The highest BCUT2D eigenvalue weighted by atomic mass is 127. The maximum atomic E-state index is 12.0. The normalized spacial score (nSPS) is 10.1. The average Bonchev–Trinajstić information content (AvgIpc) is 2.49. The van der Waals surface area contributed by atoms with E-state index >= 15 is 0 Å². The first kappa shape index (κ1) is 16.5. The molecule has 0 radical (unpaired) electrons. The van der Waals surface area contributed by atoms with E-state index < -0.39 is 5.97 Å². The molecule has 0 aliphatic carbocycles. The van der Waals surface area contributed by atoms with Crippen molar-refractivity contribution in [3.05, 3.63) is 62.7 Å². The third-order valence-electron chi connectivity index (χ3n) is 3.10. The van der Waals surface area contributed by atoms with Crippen LogP contribution in [0.1, 0.15) is 21.5 Å². The fourth-order valence-electron chi connectivity index (χ4n) is 1.91. The standard InChI is InChI=1S/C17H16INO3/c1-11-7-8-12(2)13(9-11)17(21)22-10-16(20)19-15-6-4-3-5-14(15)18/h3-9H,10H2,1-2H3,(H,19,20). The lowest BCUT2D eigenvalue weighted by Gasteiger charge is -2.09. The Morgan fingerprint density at radius 2 is 1.86 bits per heavy atom. The van der Waals surface area contributed by atoms with Gasteiger partial charge in [0.1, 0.15) is 0 Å². The molecule has 0 atom stereocenters. The van der Waals surface area contributed by atoms with E-state index in [1.807, 2.05) is 44.2 Å². The summed E-state index contributed by atoms with van der Waals surface area (Å²) in [5.74, 6) is -0.845. The number of anilines is 1. The van der Waals surface area contributed by atoms with Gasteiger partial charge in [-0.1, -0.05) is 29.8 Å². The third kappa shape index (κ3) is 4.30. The van der Waals surface area contributed by atoms with Crippen LogP contribution in [0.2, 0.25) is 0 Å². The molecule has 22 heavy (non-hydrogen) atoms. The number of ether oxygens (including phenoxy) is 1. The first-order valence-electron chi connectivity index (χ1n) is 6.76. The van der Waals surface area contributed by atoms with Crippen LogP contribution in [0.4, 0.5) is 5.69 Å². The molecule has 114 valence electrons. The van der Waals surface area contributed by atoms with Gasteiger partial charge in [-0.15, -0.1) is 0 Å². The zero-order chi connectivity index (χ0) is 16.1. The second kappa shape index (κ2) is 7.40. The second-order valence-corrected chi connectivity index (χ2v) is 6.08. The van der Waals surface area contributed by atoms with E-state index in [1.165, 1.54) is 0 Å². The molecule has 0 fully saturated rings.